The Kier molecular flexibility index (Phi) is 3.94. The summed E-state index contributed by atoms with van der Waals surface area (Å²) in [4.78, 5) is 0. The van der Waals surface area contributed by atoms with Crippen LogP contribution in [0, 0.1) is 23.7 Å². The first-order valence-corrected chi connectivity index (χ1v) is 7.34. The van der Waals surface area contributed by atoms with Gasteiger partial charge in [0.1, 0.15) is 0 Å². The van der Waals surface area contributed by atoms with Gasteiger partial charge in [-0.3, -0.25) is 0 Å². The molecule has 0 radical (unpaired) electrons. The lowest BCUT2D eigenvalue weighted by atomic mass is 9.79. The van der Waals surface area contributed by atoms with Crippen molar-refractivity contribution in [3.8, 4) is 0 Å². The largest absolute Gasteiger partial charge is 0.311 e. The second-order valence-corrected chi connectivity index (χ2v) is 6.69. The van der Waals surface area contributed by atoms with Crippen LogP contribution < -0.4 is 5.32 Å². The van der Waals surface area contributed by atoms with E-state index in [1.807, 2.05) is 0 Å². The van der Waals surface area contributed by atoms with Crippen molar-refractivity contribution in [3.05, 3.63) is 0 Å². The Balaban J connectivity index is 1.88. The highest BCUT2D eigenvalue weighted by Gasteiger charge is 2.33. The maximum absolute atomic E-state index is 3.98. The standard InChI is InChI=1S/C15H29N/c1-10-5-6-12(3)15(9-10)16-14-8-7-11(2)13(14)4/h10-16H,5-9H2,1-4H3. The molecule has 0 bridgehead atoms. The Bertz CT molecular complexity index is 225. The maximum Gasteiger partial charge on any atom is 0.00980 e. The van der Waals surface area contributed by atoms with Crippen molar-refractivity contribution in [1.82, 2.24) is 5.32 Å². The lowest BCUT2D eigenvalue weighted by Gasteiger charge is -2.36. The first-order chi connectivity index (χ1) is 7.58. The normalized spacial score (nSPS) is 49.5. The molecule has 2 fully saturated rings. The van der Waals surface area contributed by atoms with E-state index in [1.165, 1.54) is 32.1 Å². The molecule has 2 aliphatic carbocycles. The fraction of sp³-hybridized carbons (Fsp3) is 1.00. The van der Waals surface area contributed by atoms with Gasteiger partial charge in [0.15, 0.2) is 0 Å². The molecule has 2 rings (SSSR count). The Morgan fingerprint density at radius 1 is 0.750 bits per heavy atom. The van der Waals surface area contributed by atoms with E-state index in [4.69, 9.17) is 0 Å². The Morgan fingerprint density at radius 3 is 2.06 bits per heavy atom. The Hall–Kier alpha value is -0.0400. The van der Waals surface area contributed by atoms with E-state index in [9.17, 15) is 0 Å². The highest BCUT2D eigenvalue weighted by atomic mass is 15.0. The average Bonchev–Trinajstić information content (AvgIpc) is 2.55. The predicted octanol–water partition coefficient (Wildman–Crippen LogP) is 3.84. The van der Waals surface area contributed by atoms with Crippen molar-refractivity contribution < 1.29 is 0 Å². The molecule has 1 heteroatoms. The fourth-order valence-electron chi connectivity index (χ4n) is 3.64. The zero-order valence-electron chi connectivity index (χ0n) is 11.5. The topological polar surface area (TPSA) is 12.0 Å². The first kappa shape index (κ1) is 12.4. The summed E-state index contributed by atoms with van der Waals surface area (Å²) in [6.07, 6.45) is 7.10. The quantitative estimate of drug-likeness (QED) is 0.750. The number of rotatable bonds is 2. The minimum absolute atomic E-state index is 0.793. The average molecular weight is 223 g/mol. The molecule has 6 unspecified atom stereocenters. The zero-order valence-corrected chi connectivity index (χ0v) is 11.5. The number of hydrogen-bond donors (Lipinski definition) is 1. The van der Waals surface area contributed by atoms with Gasteiger partial charge < -0.3 is 5.32 Å². The smallest absolute Gasteiger partial charge is 0.00980 e. The Morgan fingerprint density at radius 2 is 1.44 bits per heavy atom. The summed E-state index contributed by atoms with van der Waals surface area (Å²) < 4.78 is 0. The summed E-state index contributed by atoms with van der Waals surface area (Å²) in [5, 5.41) is 3.98. The summed E-state index contributed by atoms with van der Waals surface area (Å²) in [5.41, 5.74) is 0. The van der Waals surface area contributed by atoms with Crippen LogP contribution in [0.1, 0.15) is 59.8 Å². The molecular formula is C15H29N. The van der Waals surface area contributed by atoms with E-state index in [0.717, 1.165) is 35.8 Å². The van der Waals surface area contributed by atoms with Crippen molar-refractivity contribution in [3.63, 3.8) is 0 Å². The van der Waals surface area contributed by atoms with E-state index < -0.39 is 0 Å². The zero-order chi connectivity index (χ0) is 11.7. The van der Waals surface area contributed by atoms with Crippen LogP contribution in [0.2, 0.25) is 0 Å². The summed E-state index contributed by atoms with van der Waals surface area (Å²) in [7, 11) is 0. The van der Waals surface area contributed by atoms with Gasteiger partial charge >= 0.3 is 0 Å². The number of nitrogens with one attached hydrogen (secondary N) is 1. The van der Waals surface area contributed by atoms with Crippen molar-refractivity contribution in [2.45, 2.75) is 71.9 Å². The molecule has 0 amide bonds. The lowest BCUT2D eigenvalue weighted by molar-refractivity contribution is 0.199. The minimum Gasteiger partial charge on any atom is -0.311 e. The van der Waals surface area contributed by atoms with Gasteiger partial charge in [-0.25, -0.2) is 0 Å². The molecule has 0 saturated heterocycles. The summed E-state index contributed by atoms with van der Waals surface area (Å²) in [6.45, 7) is 9.71. The van der Waals surface area contributed by atoms with E-state index in [-0.39, 0.29) is 0 Å². The third-order valence-electron chi connectivity index (χ3n) is 5.35. The molecule has 0 aliphatic heterocycles. The second kappa shape index (κ2) is 5.08. The van der Waals surface area contributed by atoms with Gasteiger partial charge in [0.2, 0.25) is 0 Å². The SMILES string of the molecule is CC1CCC(C)C(NC2CCC(C)C2C)C1. The third kappa shape index (κ3) is 2.61. The highest BCUT2D eigenvalue weighted by Crippen LogP contribution is 2.34. The van der Waals surface area contributed by atoms with Gasteiger partial charge in [0.05, 0.1) is 0 Å². The molecule has 0 spiro atoms. The summed E-state index contributed by atoms with van der Waals surface area (Å²) in [6, 6.07) is 1.59. The molecule has 94 valence electrons. The second-order valence-electron chi connectivity index (χ2n) is 6.69. The van der Waals surface area contributed by atoms with Crippen LogP contribution in [0.5, 0.6) is 0 Å². The van der Waals surface area contributed by atoms with Gasteiger partial charge in [-0.05, 0) is 49.4 Å². The lowest BCUT2D eigenvalue weighted by Crippen LogP contribution is -2.46. The highest BCUT2D eigenvalue weighted by molar-refractivity contribution is 4.90. The maximum atomic E-state index is 3.98. The summed E-state index contributed by atoms with van der Waals surface area (Å²) >= 11 is 0. The van der Waals surface area contributed by atoms with Gasteiger partial charge in [-0.1, -0.05) is 34.1 Å². The van der Waals surface area contributed by atoms with Gasteiger partial charge in [0, 0.05) is 12.1 Å². The monoisotopic (exact) mass is 223 g/mol. The van der Waals surface area contributed by atoms with Crippen LogP contribution >= 0.6 is 0 Å². The third-order valence-corrected chi connectivity index (χ3v) is 5.35. The van der Waals surface area contributed by atoms with E-state index in [2.05, 4.69) is 33.0 Å². The molecular weight excluding hydrogens is 194 g/mol. The molecule has 6 atom stereocenters. The van der Waals surface area contributed by atoms with Crippen LogP contribution in [0.15, 0.2) is 0 Å². The minimum atomic E-state index is 0.793. The molecule has 0 aromatic heterocycles. The Labute approximate surface area is 101 Å². The fourth-order valence-corrected chi connectivity index (χ4v) is 3.64. The molecule has 16 heavy (non-hydrogen) atoms. The first-order valence-electron chi connectivity index (χ1n) is 7.34. The molecule has 0 aromatic rings. The molecule has 2 aliphatic rings. The van der Waals surface area contributed by atoms with Crippen LogP contribution in [-0.2, 0) is 0 Å². The van der Waals surface area contributed by atoms with Crippen molar-refractivity contribution in [2.24, 2.45) is 23.7 Å². The van der Waals surface area contributed by atoms with Gasteiger partial charge in [-0.15, -0.1) is 0 Å². The van der Waals surface area contributed by atoms with Gasteiger partial charge in [0.25, 0.3) is 0 Å². The molecule has 0 aromatic carbocycles. The van der Waals surface area contributed by atoms with Crippen LogP contribution in [0.4, 0.5) is 0 Å². The molecule has 0 heterocycles. The number of hydrogen-bond acceptors (Lipinski definition) is 1. The van der Waals surface area contributed by atoms with Crippen LogP contribution in [0.25, 0.3) is 0 Å². The van der Waals surface area contributed by atoms with Crippen LogP contribution in [-0.4, -0.2) is 12.1 Å². The summed E-state index contributed by atoms with van der Waals surface area (Å²) in [5.74, 6) is 3.63. The van der Waals surface area contributed by atoms with E-state index in [1.54, 1.807) is 0 Å². The van der Waals surface area contributed by atoms with Crippen molar-refractivity contribution >= 4 is 0 Å². The molecule has 1 N–H and O–H groups in total. The van der Waals surface area contributed by atoms with E-state index in [0.29, 0.717) is 0 Å². The van der Waals surface area contributed by atoms with Crippen molar-refractivity contribution in [2.75, 3.05) is 0 Å². The molecule has 2 saturated carbocycles. The predicted molar refractivity (Wildman–Crippen MR) is 70.5 cm³/mol. The van der Waals surface area contributed by atoms with Crippen molar-refractivity contribution in [1.29, 1.82) is 0 Å². The van der Waals surface area contributed by atoms with E-state index >= 15 is 0 Å². The van der Waals surface area contributed by atoms with Crippen LogP contribution in [0.3, 0.4) is 0 Å². The molecule has 1 nitrogen and oxygen atoms in total. The van der Waals surface area contributed by atoms with Gasteiger partial charge in [-0.2, -0.15) is 0 Å².